The quantitative estimate of drug-likeness (QED) is 0.146. The summed E-state index contributed by atoms with van der Waals surface area (Å²) in [6, 6.07) is 3.80. The van der Waals surface area contributed by atoms with Crippen LogP contribution in [-0.2, 0) is 9.47 Å². The summed E-state index contributed by atoms with van der Waals surface area (Å²) in [5, 5.41) is 10.1. The molecule has 0 unspecified atom stereocenters. The third-order valence-corrected chi connectivity index (χ3v) is 5.51. The first-order chi connectivity index (χ1) is 13.6. The van der Waals surface area contributed by atoms with Crippen LogP contribution in [0.4, 0.5) is 5.69 Å². The lowest BCUT2D eigenvalue weighted by molar-refractivity contribution is -0.385. The SMILES string of the molecule is O=C1OC(=O)c2c(Cl)c(Cl)c(Cl)c(Cl)c21.O=C1OC(=O)c2c1cccc2[N+](=O)[O-]. The van der Waals surface area contributed by atoms with Crippen LogP contribution >= 0.6 is 46.4 Å². The van der Waals surface area contributed by atoms with Crippen LogP contribution in [0.25, 0.3) is 0 Å². The Morgan fingerprint density at radius 3 is 1.62 bits per heavy atom. The van der Waals surface area contributed by atoms with Crippen LogP contribution in [0.5, 0.6) is 0 Å². The van der Waals surface area contributed by atoms with E-state index in [1.807, 2.05) is 0 Å². The van der Waals surface area contributed by atoms with Crippen molar-refractivity contribution in [1.82, 2.24) is 0 Å². The Kier molecular flexibility index (Phi) is 5.50. The summed E-state index contributed by atoms with van der Waals surface area (Å²) in [6.07, 6.45) is 0. The standard InChI is InChI=1S/C8Cl4O3.C8H3NO5/c9-3-1-2(8(14)15-7(1)13)4(10)6(12)5(3)11;10-7-4-2-1-3-5(9(12)13)6(4)8(11)14-7/h;1-3H. The number of halogens is 4. The number of rotatable bonds is 1. The van der Waals surface area contributed by atoms with Gasteiger partial charge >= 0.3 is 23.9 Å². The number of hydrogen-bond donors (Lipinski definition) is 0. The molecule has 2 aromatic carbocycles. The maximum Gasteiger partial charge on any atom is 0.353 e. The fourth-order valence-corrected chi connectivity index (χ4v) is 3.48. The molecule has 29 heavy (non-hydrogen) atoms. The molecule has 0 saturated heterocycles. The fourth-order valence-electron chi connectivity index (χ4n) is 2.47. The molecule has 0 atom stereocenters. The van der Waals surface area contributed by atoms with Gasteiger partial charge in [-0.2, -0.15) is 0 Å². The van der Waals surface area contributed by atoms with Gasteiger partial charge in [-0.25, -0.2) is 19.2 Å². The van der Waals surface area contributed by atoms with E-state index in [-0.39, 0.29) is 42.3 Å². The van der Waals surface area contributed by atoms with Gasteiger partial charge in [0, 0.05) is 6.07 Å². The van der Waals surface area contributed by atoms with Gasteiger partial charge in [0.2, 0.25) is 0 Å². The maximum atomic E-state index is 11.2. The van der Waals surface area contributed by atoms with E-state index in [4.69, 9.17) is 46.4 Å². The predicted octanol–water partition coefficient (Wildman–Crippen LogP) is 4.52. The zero-order valence-electron chi connectivity index (χ0n) is 13.5. The van der Waals surface area contributed by atoms with E-state index in [9.17, 15) is 29.3 Å². The summed E-state index contributed by atoms with van der Waals surface area (Å²) >= 11 is 22.9. The van der Waals surface area contributed by atoms with Gasteiger partial charge in [-0.3, -0.25) is 10.1 Å². The smallest absolute Gasteiger partial charge is 0.353 e. The van der Waals surface area contributed by atoms with E-state index in [0.29, 0.717) is 0 Å². The van der Waals surface area contributed by atoms with Crippen LogP contribution in [0, 0.1) is 10.1 Å². The molecule has 2 aliphatic heterocycles. The van der Waals surface area contributed by atoms with Crippen LogP contribution in [0.15, 0.2) is 18.2 Å². The van der Waals surface area contributed by atoms with E-state index >= 15 is 0 Å². The largest absolute Gasteiger partial charge is 0.386 e. The topological polar surface area (TPSA) is 130 Å². The maximum absolute atomic E-state index is 11.2. The van der Waals surface area contributed by atoms with Crippen molar-refractivity contribution in [1.29, 1.82) is 0 Å². The zero-order chi connectivity index (χ0) is 21.6. The van der Waals surface area contributed by atoms with Crippen molar-refractivity contribution < 1.29 is 33.6 Å². The fraction of sp³-hybridized carbons (Fsp3) is 0. The number of nitro groups is 1. The van der Waals surface area contributed by atoms with Crippen LogP contribution < -0.4 is 0 Å². The highest BCUT2D eigenvalue weighted by atomic mass is 35.5. The van der Waals surface area contributed by atoms with Crippen molar-refractivity contribution >= 4 is 76.0 Å². The molecule has 13 heteroatoms. The predicted molar refractivity (Wildman–Crippen MR) is 99.1 cm³/mol. The Morgan fingerprint density at radius 2 is 1.14 bits per heavy atom. The Labute approximate surface area is 180 Å². The number of hydrogen-bond acceptors (Lipinski definition) is 8. The summed E-state index contributed by atoms with van der Waals surface area (Å²) in [4.78, 5) is 54.3. The van der Waals surface area contributed by atoms with Gasteiger partial charge in [0.25, 0.3) is 5.69 Å². The first-order valence-corrected chi connectivity index (χ1v) is 8.73. The lowest BCUT2D eigenvalue weighted by Gasteiger charge is -2.04. The number of benzene rings is 2. The van der Waals surface area contributed by atoms with Crippen molar-refractivity contribution in [2.45, 2.75) is 0 Å². The molecule has 0 radical (unpaired) electrons. The zero-order valence-corrected chi connectivity index (χ0v) is 16.5. The Bertz CT molecular complexity index is 1120. The highest BCUT2D eigenvalue weighted by Crippen LogP contribution is 2.44. The van der Waals surface area contributed by atoms with E-state index in [0.717, 1.165) is 6.07 Å². The van der Waals surface area contributed by atoms with Gasteiger partial charge in [-0.1, -0.05) is 52.5 Å². The Morgan fingerprint density at radius 1 is 0.690 bits per heavy atom. The second-order valence-corrected chi connectivity index (χ2v) is 6.83. The number of cyclic esters (lactones) is 4. The van der Waals surface area contributed by atoms with Crippen LogP contribution in [0.1, 0.15) is 41.4 Å². The average Bonchev–Trinajstić information content (AvgIpc) is 3.13. The Balaban J connectivity index is 0.000000166. The second kappa shape index (κ2) is 7.60. The highest BCUT2D eigenvalue weighted by molar-refractivity contribution is 6.54. The Hall–Kier alpha value is -2.72. The number of fused-ring (bicyclic) bond motifs is 2. The normalized spacial score (nSPS) is 13.9. The number of nitro benzene ring substituents is 1. The monoisotopic (exact) mass is 477 g/mol. The summed E-state index contributed by atoms with van der Waals surface area (Å²) in [5.74, 6) is -3.55. The van der Waals surface area contributed by atoms with E-state index in [1.165, 1.54) is 12.1 Å². The molecule has 0 fully saturated rings. The molecule has 0 spiro atoms. The molecule has 2 heterocycles. The minimum Gasteiger partial charge on any atom is -0.386 e. The van der Waals surface area contributed by atoms with Crippen LogP contribution in [0.2, 0.25) is 20.1 Å². The van der Waals surface area contributed by atoms with E-state index in [1.54, 1.807) is 0 Å². The van der Waals surface area contributed by atoms with E-state index in [2.05, 4.69) is 9.47 Å². The lowest BCUT2D eigenvalue weighted by Crippen LogP contribution is -2.00. The molecule has 0 bridgehead atoms. The minimum atomic E-state index is -0.961. The molecule has 0 N–H and O–H groups in total. The number of nitrogens with zero attached hydrogens (tertiary/aromatic N) is 1. The molecule has 2 aromatic rings. The molecular weight excluding hydrogens is 476 g/mol. The number of ether oxygens (including phenoxy) is 2. The molecule has 9 nitrogen and oxygen atoms in total. The molecule has 2 aliphatic rings. The van der Waals surface area contributed by atoms with Gasteiger partial charge in [0.1, 0.15) is 0 Å². The number of carbonyl (C=O) groups is 4. The highest BCUT2D eigenvalue weighted by Gasteiger charge is 2.38. The molecule has 4 rings (SSSR count). The summed E-state index contributed by atoms with van der Waals surface area (Å²) in [5.41, 5.74) is -0.993. The molecule has 148 valence electrons. The van der Waals surface area contributed by atoms with Crippen molar-refractivity contribution in [3.8, 4) is 0 Å². The van der Waals surface area contributed by atoms with Crippen molar-refractivity contribution in [3.05, 3.63) is 70.7 Å². The summed E-state index contributed by atoms with van der Waals surface area (Å²) in [6.45, 7) is 0. The van der Waals surface area contributed by atoms with E-state index < -0.39 is 34.5 Å². The summed E-state index contributed by atoms with van der Waals surface area (Å²) < 4.78 is 8.58. The molecule has 0 aliphatic carbocycles. The van der Waals surface area contributed by atoms with Crippen LogP contribution in [0.3, 0.4) is 0 Å². The summed E-state index contributed by atoms with van der Waals surface area (Å²) in [7, 11) is 0. The first-order valence-electron chi connectivity index (χ1n) is 7.22. The van der Waals surface area contributed by atoms with Crippen molar-refractivity contribution in [2.24, 2.45) is 0 Å². The molecule has 0 aromatic heterocycles. The van der Waals surface area contributed by atoms with Crippen molar-refractivity contribution in [3.63, 3.8) is 0 Å². The first kappa shape index (κ1) is 21.0. The average molecular weight is 479 g/mol. The van der Waals surface area contributed by atoms with Crippen LogP contribution in [-0.4, -0.2) is 28.8 Å². The van der Waals surface area contributed by atoms with Gasteiger partial charge in [0.15, 0.2) is 5.56 Å². The van der Waals surface area contributed by atoms with Gasteiger partial charge < -0.3 is 9.47 Å². The molecule has 0 amide bonds. The van der Waals surface area contributed by atoms with Gasteiger partial charge in [-0.15, -0.1) is 0 Å². The van der Waals surface area contributed by atoms with Gasteiger partial charge in [-0.05, 0) is 6.07 Å². The lowest BCUT2D eigenvalue weighted by atomic mass is 10.1. The number of carbonyl (C=O) groups excluding carboxylic acids is 4. The molecule has 0 saturated carbocycles. The third-order valence-electron chi connectivity index (χ3n) is 3.71. The number of esters is 4. The van der Waals surface area contributed by atoms with Crippen molar-refractivity contribution in [2.75, 3.05) is 0 Å². The molecular formula is C16H3Cl4NO8. The third kappa shape index (κ3) is 3.42. The minimum absolute atomic E-state index is 0.0517. The second-order valence-electron chi connectivity index (χ2n) is 5.32. The van der Waals surface area contributed by atoms with Gasteiger partial charge in [0.05, 0.1) is 41.7 Å².